The fourth-order valence-corrected chi connectivity index (χ4v) is 1.87. The molecule has 2 rings (SSSR count). The molecule has 0 amide bonds. The molecule has 0 saturated carbocycles. The van der Waals surface area contributed by atoms with E-state index in [1.807, 2.05) is 37.4 Å². The van der Waals surface area contributed by atoms with E-state index in [0.29, 0.717) is 0 Å². The lowest BCUT2D eigenvalue weighted by atomic mass is 10.1. The van der Waals surface area contributed by atoms with Gasteiger partial charge in [-0.15, -0.1) is 0 Å². The van der Waals surface area contributed by atoms with Gasteiger partial charge in [-0.3, -0.25) is 4.90 Å². The van der Waals surface area contributed by atoms with E-state index >= 15 is 0 Å². The van der Waals surface area contributed by atoms with Gasteiger partial charge in [0.25, 0.3) is 0 Å². The Morgan fingerprint density at radius 2 is 1.94 bits per heavy atom. The first kappa shape index (κ1) is 11.9. The number of likely N-dealkylation sites (N-methyl/N-ethyl adjacent to an activating group) is 1. The summed E-state index contributed by atoms with van der Waals surface area (Å²) in [5, 5.41) is 0. The molecule has 0 radical (unpaired) electrons. The van der Waals surface area contributed by atoms with Crippen LogP contribution in [-0.2, 0) is 6.54 Å². The lowest BCUT2D eigenvalue weighted by Gasteiger charge is -2.20. The van der Waals surface area contributed by atoms with E-state index in [2.05, 4.69) is 17.0 Å². The van der Waals surface area contributed by atoms with Crippen molar-refractivity contribution in [3.8, 4) is 0 Å². The summed E-state index contributed by atoms with van der Waals surface area (Å²) < 4.78 is 5.31. The number of hydrogen-bond donors (Lipinski definition) is 1. The maximum absolute atomic E-state index is 6.15. The van der Waals surface area contributed by atoms with Crippen molar-refractivity contribution in [1.29, 1.82) is 0 Å². The molecule has 2 N–H and O–H groups in total. The fraction of sp³-hybridized carbons (Fsp3) is 0.286. The SMILES string of the molecule is CN(Cc1ccco1)CC(N)c1ccccc1. The van der Waals surface area contributed by atoms with Crippen molar-refractivity contribution in [2.24, 2.45) is 5.73 Å². The summed E-state index contributed by atoms with van der Waals surface area (Å²) in [6.45, 7) is 1.60. The van der Waals surface area contributed by atoms with E-state index in [9.17, 15) is 0 Å². The van der Waals surface area contributed by atoms with Crippen molar-refractivity contribution in [1.82, 2.24) is 4.90 Å². The van der Waals surface area contributed by atoms with E-state index in [0.717, 1.165) is 18.8 Å². The summed E-state index contributed by atoms with van der Waals surface area (Å²) in [6, 6.07) is 14.1. The van der Waals surface area contributed by atoms with Crippen molar-refractivity contribution in [3.05, 3.63) is 60.1 Å². The van der Waals surface area contributed by atoms with Gasteiger partial charge in [-0.2, -0.15) is 0 Å². The summed E-state index contributed by atoms with van der Waals surface area (Å²) in [6.07, 6.45) is 1.69. The highest BCUT2D eigenvalue weighted by molar-refractivity contribution is 5.18. The van der Waals surface area contributed by atoms with Crippen LogP contribution in [0.25, 0.3) is 0 Å². The molecule has 2 aromatic rings. The second kappa shape index (κ2) is 5.66. The number of rotatable bonds is 5. The summed E-state index contributed by atoms with van der Waals surface area (Å²) in [5.74, 6) is 0.966. The maximum Gasteiger partial charge on any atom is 0.117 e. The molecule has 1 atom stereocenters. The average molecular weight is 230 g/mol. The zero-order valence-electron chi connectivity index (χ0n) is 10.0. The minimum atomic E-state index is 0.0381. The molecular formula is C14H18N2O. The molecule has 0 saturated heterocycles. The summed E-state index contributed by atoms with van der Waals surface area (Å²) in [7, 11) is 2.05. The third-order valence-corrected chi connectivity index (χ3v) is 2.74. The minimum absolute atomic E-state index is 0.0381. The lowest BCUT2D eigenvalue weighted by molar-refractivity contribution is 0.278. The highest BCUT2D eigenvalue weighted by atomic mass is 16.3. The standard InChI is InChI=1S/C14H18N2O/c1-16(10-13-8-5-9-17-13)11-14(15)12-6-3-2-4-7-12/h2-9,14H,10-11,15H2,1H3. The number of benzene rings is 1. The molecule has 0 aliphatic carbocycles. The molecule has 1 aromatic heterocycles. The van der Waals surface area contributed by atoms with E-state index in [1.165, 1.54) is 5.56 Å². The molecule has 0 spiro atoms. The van der Waals surface area contributed by atoms with E-state index in [4.69, 9.17) is 10.2 Å². The van der Waals surface area contributed by atoms with Gasteiger partial charge in [0, 0.05) is 12.6 Å². The van der Waals surface area contributed by atoms with Crippen LogP contribution in [-0.4, -0.2) is 18.5 Å². The van der Waals surface area contributed by atoms with Gasteiger partial charge < -0.3 is 10.2 Å². The zero-order chi connectivity index (χ0) is 12.1. The van der Waals surface area contributed by atoms with Crippen LogP contribution in [0.1, 0.15) is 17.4 Å². The van der Waals surface area contributed by atoms with Crippen molar-refractivity contribution in [2.75, 3.05) is 13.6 Å². The molecule has 1 heterocycles. The van der Waals surface area contributed by atoms with Crippen LogP contribution < -0.4 is 5.73 Å². The van der Waals surface area contributed by atoms with Gasteiger partial charge in [0.15, 0.2) is 0 Å². The van der Waals surface area contributed by atoms with E-state index in [-0.39, 0.29) is 6.04 Å². The van der Waals surface area contributed by atoms with Gasteiger partial charge in [-0.25, -0.2) is 0 Å². The number of furan rings is 1. The van der Waals surface area contributed by atoms with Gasteiger partial charge >= 0.3 is 0 Å². The topological polar surface area (TPSA) is 42.4 Å². The Morgan fingerprint density at radius 1 is 1.18 bits per heavy atom. The Labute approximate surface area is 102 Å². The lowest BCUT2D eigenvalue weighted by Crippen LogP contribution is -2.28. The zero-order valence-corrected chi connectivity index (χ0v) is 10.0. The van der Waals surface area contributed by atoms with E-state index in [1.54, 1.807) is 6.26 Å². The highest BCUT2D eigenvalue weighted by Gasteiger charge is 2.09. The average Bonchev–Trinajstić information content (AvgIpc) is 2.82. The Kier molecular flexibility index (Phi) is 3.96. The molecule has 90 valence electrons. The quantitative estimate of drug-likeness (QED) is 0.857. The van der Waals surface area contributed by atoms with Gasteiger partial charge in [-0.1, -0.05) is 30.3 Å². The Morgan fingerprint density at radius 3 is 2.59 bits per heavy atom. The summed E-state index contributed by atoms with van der Waals surface area (Å²) in [4.78, 5) is 2.16. The normalized spacial score (nSPS) is 12.9. The van der Waals surface area contributed by atoms with Gasteiger partial charge in [0.05, 0.1) is 12.8 Å². The van der Waals surface area contributed by atoms with Crippen LogP contribution in [0.15, 0.2) is 53.1 Å². The molecule has 0 bridgehead atoms. The predicted molar refractivity (Wildman–Crippen MR) is 68.4 cm³/mol. The Balaban J connectivity index is 1.88. The first-order valence-electron chi connectivity index (χ1n) is 5.77. The van der Waals surface area contributed by atoms with Gasteiger partial charge in [0.1, 0.15) is 5.76 Å². The highest BCUT2D eigenvalue weighted by Crippen LogP contribution is 2.12. The molecular weight excluding hydrogens is 212 g/mol. The van der Waals surface area contributed by atoms with E-state index < -0.39 is 0 Å². The third kappa shape index (κ3) is 3.44. The number of nitrogens with two attached hydrogens (primary N) is 1. The molecule has 0 aliphatic heterocycles. The third-order valence-electron chi connectivity index (χ3n) is 2.74. The summed E-state index contributed by atoms with van der Waals surface area (Å²) in [5.41, 5.74) is 7.32. The number of hydrogen-bond acceptors (Lipinski definition) is 3. The molecule has 0 aliphatic rings. The second-order valence-corrected chi connectivity index (χ2v) is 4.29. The molecule has 3 nitrogen and oxygen atoms in total. The van der Waals surface area contributed by atoms with Crippen molar-refractivity contribution in [2.45, 2.75) is 12.6 Å². The number of nitrogens with zero attached hydrogens (tertiary/aromatic N) is 1. The van der Waals surface area contributed by atoms with Crippen LogP contribution >= 0.6 is 0 Å². The minimum Gasteiger partial charge on any atom is -0.468 e. The first-order chi connectivity index (χ1) is 8.25. The molecule has 1 unspecified atom stereocenters. The Hall–Kier alpha value is -1.58. The van der Waals surface area contributed by atoms with Crippen LogP contribution in [0.3, 0.4) is 0 Å². The monoisotopic (exact) mass is 230 g/mol. The largest absolute Gasteiger partial charge is 0.468 e. The maximum atomic E-state index is 6.15. The van der Waals surface area contributed by atoms with Crippen LogP contribution in [0, 0.1) is 0 Å². The first-order valence-corrected chi connectivity index (χ1v) is 5.77. The van der Waals surface area contributed by atoms with Gasteiger partial charge in [0.2, 0.25) is 0 Å². The fourth-order valence-electron chi connectivity index (χ4n) is 1.87. The Bertz CT molecular complexity index is 425. The van der Waals surface area contributed by atoms with Gasteiger partial charge in [-0.05, 0) is 24.7 Å². The molecule has 17 heavy (non-hydrogen) atoms. The molecule has 0 fully saturated rings. The van der Waals surface area contributed by atoms with Crippen LogP contribution in [0.2, 0.25) is 0 Å². The molecule has 3 heteroatoms. The van der Waals surface area contributed by atoms with Crippen LogP contribution in [0.5, 0.6) is 0 Å². The molecule has 1 aromatic carbocycles. The van der Waals surface area contributed by atoms with Crippen molar-refractivity contribution in [3.63, 3.8) is 0 Å². The van der Waals surface area contributed by atoms with Crippen molar-refractivity contribution >= 4 is 0 Å². The van der Waals surface area contributed by atoms with Crippen molar-refractivity contribution < 1.29 is 4.42 Å². The summed E-state index contributed by atoms with van der Waals surface area (Å²) >= 11 is 0. The smallest absolute Gasteiger partial charge is 0.117 e. The predicted octanol–water partition coefficient (Wildman–Crippen LogP) is 2.41. The van der Waals surface area contributed by atoms with Crippen LogP contribution in [0.4, 0.5) is 0 Å². The second-order valence-electron chi connectivity index (χ2n) is 4.29.